The summed E-state index contributed by atoms with van der Waals surface area (Å²) in [5.41, 5.74) is 1.34. The van der Waals surface area contributed by atoms with Crippen LogP contribution in [0, 0.1) is 11.3 Å². The average Bonchev–Trinajstić information content (AvgIpc) is 2.72. The number of hydrogen-bond acceptors (Lipinski definition) is 4. The Morgan fingerprint density at radius 3 is 2.20 bits per heavy atom. The summed E-state index contributed by atoms with van der Waals surface area (Å²) in [6.07, 6.45) is 12.2. The first-order chi connectivity index (χ1) is 14.6. The van der Waals surface area contributed by atoms with Gasteiger partial charge in [-0.1, -0.05) is 6.42 Å². The maximum atomic E-state index is 13.0. The van der Waals surface area contributed by atoms with Crippen LogP contribution in [0.5, 0.6) is 0 Å². The number of pyridine rings is 1. The Morgan fingerprint density at radius 1 is 0.933 bits per heavy atom. The van der Waals surface area contributed by atoms with Gasteiger partial charge in [0.1, 0.15) is 0 Å². The van der Waals surface area contributed by atoms with Crippen molar-refractivity contribution in [3.8, 4) is 0 Å². The van der Waals surface area contributed by atoms with Gasteiger partial charge in [-0.2, -0.15) is 0 Å². The van der Waals surface area contributed by atoms with Crippen LogP contribution in [0.1, 0.15) is 50.5 Å². The Kier molecular flexibility index (Phi) is 5.52. The number of piperazine rings is 1. The third-order valence-electron chi connectivity index (χ3n) is 8.21. The van der Waals surface area contributed by atoms with Crippen LogP contribution in [0.15, 0.2) is 24.5 Å². The summed E-state index contributed by atoms with van der Waals surface area (Å²) in [4.78, 5) is 36.3. The van der Waals surface area contributed by atoms with Gasteiger partial charge in [0.15, 0.2) is 0 Å². The predicted molar refractivity (Wildman–Crippen MR) is 115 cm³/mol. The number of likely N-dealkylation sites (tertiary alicyclic amines) is 1. The van der Waals surface area contributed by atoms with Crippen LogP contribution in [0.25, 0.3) is 0 Å². The first kappa shape index (κ1) is 20.0. The van der Waals surface area contributed by atoms with E-state index in [1.807, 2.05) is 17.0 Å². The van der Waals surface area contributed by atoms with Crippen molar-refractivity contribution in [2.75, 3.05) is 39.3 Å². The summed E-state index contributed by atoms with van der Waals surface area (Å²) in [6, 6.07) is 4.62. The smallest absolute Gasteiger partial charge is 0.226 e. The largest absolute Gasteiger partial charge is 0.342 e. The molecular formula is C24H34N4O2. The van der Waals surface area contributed by atoms with Crippen molar-refractivity contribution in [3.63, 3.8) is 0 Å². The molecule has 1 aromatic heterocycles. The molecule has 1 aromatic rings. The van der Waals surface area contributed by atoms with E-state index in [0.717, 1.165) is 76.6 Å². The molecule has 0 atom stereocenters. The summed E-state index contributed by atoms with van der Waals surface area (Å²) in [5.74, 6) is 0.830. The van der Waals surface area contributed by atoms with Gasteiger partial charge in [-0.3, -0.25) is 19.5 Å². The molecule has 2 saturated carbocycles. The number of carbonyl (C=O) groups excluding carboxylic acids is 2. The third-order valence-corrected chi connectivity index (χ3v) is 8.21. The van der Waals surface area contributed by atoms with Crippen LogP contribution in [0.4, 0.5) is 0 Å². The number of carbonyl (C=O) groups is 2. The molecule has 0 unspecified atom stereocenters. The molecule has 1 spiro atoms. The molecule has 0 N–H and O–H groups in total. The summed E-state index contributed by atoms with van der Waals surface area (Å²) in [7, 11) is 0. The summed E-state index contributed by atoms with van der Waals surface area (Å²) < 4.78 is 0. The SMILES string of the molecule is O=C(Cc1ccncc1)N1CCC2(CC1)CC(C(=O)N1CCN(C3CCC3)CC1)C2. The second-order valence-electron chi connectivity index (χ2n) is 9.96. The molecule has 2 aliphatic heterocycles. The molecule has 4 aliphatic rings. The Morgan fingerprint density at radius 2 is 1.60 bits per heavy atom. The van der Waals surface area contributed by atoms with E-state index in [9.17, 15) is 9.59 Å². The summed E-state index contributed by atoms with van der Waals surface area (Å²) in [5, 5.41) is 0. The lowest BCUT2D eigenvalue weighted by Gasteiger charge is -2.53. The first-order valence-corrected chi connectivity index (χ1v) is 11.8. The standard InChI is InChI=1S/C24H34N4O2/c29-22(16-19-4-8-25-9-5-19)27-10-6-24(7-11-27)17-20(18-24)23(30)28-14-12-26(13-15-28)21-2-1-3-21/h4-5,8-9,20-21H,1-3,6-7,10-18H2. The van der Waals surface area contributed by atoms with Crippen molar-refractivity contribution in [1.29, 1.82) is 0 Å². The fourth-order valence-corrected chi connectivity index (χ4v) is 5.90. The summed E-state index contributed by atoms with van der Waals surface area (Å²) in [6.45, 7) is 5.62. The lowest BCUT2D eigenvalue weighted by molar-refractivity contribution is -0.150. The van der Waals surface area contributed by atoms with Gasteiger partial charge in [-0.25, -0.2) is 0 Å². The molecule has 6 nitrogen and oxygen atoms in total. The Balaban J connectivity index is 1.05. The zero-order valence-corrected chi connectivity index (χ0v) is 18.0. The van der Waals surface area contributed by atoms with Crippen molar-refractivity contribution in [1.82, 2.24) is 19.7 Å². The topological polar surface area (TPSA) is 56.8 Å². The van der Waals surface area contributed by atoms with Gasteiger partial charge in [-0.05, 0) is 61.6 Å². The zero-order valence-electron chi connectivity index (χ0n) is 18.0. The van der Waals surface area contributed by atoms with Crippen molar-refractivity contribution in [3.05, 3.63) is 30.1 Å². The van der Waals surface area contributed by atoms with Gasteiger partial charge >= 0.3 is 0 Å². The minimum absolute atomic E-state index is 0.215. The maximum Gasteiger partial charge on any atom is 0.226 e. The molecule has 162 valence electrons. The van der Waals surface area contributed by atoms with E-state index < -0.39 is 0 Å². The van der Waals surface area contributed by atoms with Crippen LogP contribution in [-0.2, 0) is 16.0 Å². The van der Waals surface area contributed by atoms with Crippen LogP contribution >= 0.6 is 0 Å². The molecule has 5 rings (SSSR count). The molecule has 0 bridgehead atoms. The molecule has 3 heterocycles. The minimum atomic E-state index is 0.215. The molecule has 2 amide bonds. The molecular weight excluding hydrogens is 376 g/mol. The molecule has 2 saturated heterocycles. The van der Waals surface area contributed by atoms with E-state index in [2.05, 4.69) is 14.8 Å². The second kappa shape index (κ2) is 8.29. The summed E-state index contributed by atoms with van der Waals surface area (Å²) >= 11 is 0. The maximum absolute atomic E-state index is 13.0. The molecule has 4 fully saturated rings. The first-order valence-electron chi connectivity index (χ1n) is 11.8. The van der Waals surface area contributed by atoms with Gasteiger partial charge in [0.25, 0.3) is 0 Å². The van der Waals surface area contributed by atoms with E-state index in [1.165, 1.54) is 19.3 Å². The number of nitrogens with zero attached hydrogens (tertiary/aromatic N) is 4. The van der Waals surface area contributed by atoms with E-state index in [4.69, 9.17) is 0 Å². The zero-order chi connectivity index (χ0) is 20.6. The highest BCUT2D eigenvalue weighted by Gasteiger charge is 2.50. The van der Waals surface area contributed by atoms with E-state index >= 15 is 0 Å². The number of hydrogen-bond donors (Lipinski definition) is 0. The van der Waals surface area contributed by atoms with Crippen molar-refractivity contribution in [2.45, 2.75) is 57.4 Å². The quantitative estimate of drug-likeness (QED) is 0.765. The Bertz CT molecular complexity index is 755. The molecule has 30 heavy (non-hydrogen) atoms. The minimum Gasteiger partial charge on any atom is -0.342 e. The normalized spacial score (nSPS) is 25.1. The molecule has 0 radical (unpaired) electrons. The Hall–Kier alpha value is -1.95. The van der Waals surface area contributed by atoms with Crippen molar-refractivity contribution >= 4 is 11.8 Å². The van der Waals surface area contributed by atoms with Crippen molar-refractivity contribution < 1.29 is 9.59 Å². The monoisotopic (exact) mass is 410 g/mol. The fraction of sp³-hybridized carbons (Fsp3) is 0.708. The molecule has 6 heteroatoms. The molecule has 2 aliphatic carbocycles. The predicted octanol–water partition coefficient (Wildman–Crippen LogP) is 2.34. The van der Waals surface area contributed by atoms with Gasteiger partial charge < -0.3 is 9.80 Å². The van der Waals surface area contributed by atoms with E-state index in [1.54, 1.807) is 12.4 Å². The fourth-order valence-electron chi connectivity index (χ4n) is 5.90. The van der Waals surface area contributed by atoms with Gasteiger partial charge in [0, 0.05) is 63.6 Å². The van der Waals surface area contributed by atoms with Gasteiger partial charge in [0.2, 0.25) is 11.8 Å². The van der Waals surface area contributed by atoms with Crippen LogP contribution in [-0.4, -0.2) is 76.8 Å². The van der Waals surface area contributed by atoms with Crippen LogP contribution in [0.3, 0.4) is 0 Å². The lowest BCUT2D eigenvalue weighted by atomic mass is 9.57. The van der Waals surface area contributed by atoms with Crippen LogP contribution in [0.2, 0.25) is 0 Å². The van der Waals surface area contributed by atoms with E-state index in [0.29, 0.717) is 17.7 Å². The lowest BCUT2D eigenvalue weighted by Crippen LogP contribution is -2.57. The number of aromatic nitrogens is 1. The Labute approximate surface area is 179 Å². The number of piperidine rings is 1. The highest BCUT2D eigenvalue weighted by atomic mass is 16.2. The highest BCUT2D eigenvalue weighted by molar-refractivity contribution is 5.80. The van der Waals surface area contributed by atoms with Gasteiger partial charge in [-0.15, -0.1) is 0 Å². The van der Waals surface area contributed by atoms with E-state index in [-0.39, 0.29) is 11.8 Å². The second-order valence-corrected chi connectivity index (χ2v) is 9.96. The number of rotatable bonds is 4. The van der Waals surface area contributed by atoms with Crippen LogP contribution < -0.4 is 0 Å². The number of amides is 2. The highest BCUT2D eigenvalue weighted by Crippen LogP contribution is 2.53. The molecule has 0 aromatic carbocycles. The van der Waals surface area contributed by atoms with Crippen molar-refractivity contribution in [2.24, 2.45) is 11.3 Å². The average molecular weight is 411 g/mol. The third kappa shape index (κ3) is 3.98. The van der Waals surface area contributed by atoms with Gasteiger partial charge in [0.05, 0.1) is 6.42 Å².